The molecule has 1 heterocycles. The van der Waals surface area contributed by atoms with Crippen LogP contribution in [-0.2, 0) is 14.9 Å². The van der Waals surface area contributed by atoms with E-state index < -0.39 is 14.9 Å². The van der Waals surface area contributed by atoms with Gasteiger partial charge in [0.05, 0.1) is 11.0 Å². The van der Waals surface area contributed by atoms with E-state index in [4.69, 9.17) is 4.18 Å². The Morgan fingerprint density at radius 1 is 1.03 bits per heavy atom. The monoisotopic (exact) mass is 467 g/mol. The fourth-order valence-corrected chi connectivity index (χ4v) is 4.90. The van der Waals surface area contributed by atoms with Crippen LogP contribution in [0, 0.1) is 6.92 Å². The second-order valence-electron chi connectivity index (χ2n) is 7.77. The van der Waals surface area contributed by atoms with Crippen molar-refractivity contribution in [3.8, 4) is 5.75 Å². The number of carbonyl (C=O) groups excluding carboxylic acids is 1. The summed E-state index contributed by atoms with van der Waals surface area (Å²) in [6.07, 6.45) is 1.44. The van der Waals surface area contributed by atoms with Crippen molar-refractivity contribution in [3.63, 3.8) is 0 Å². The van der Waals surface area contributed by atoms with E-state index in [1.807, 2.05) is 31.2 Å². The van der Waals surface area contributed by atoms with Crippen molar-refractivity contribution in [1.82, 2.24) is 5.32 Å². The highest BCUT2D eigenvalue weighted by Crippen LogP contribution is 2.31. The van der Waals surface area contributed by atoms with Gasteiger partial charge in [-0.25, -0.2) is 0 Å². The Morgan fingerprint density at radius 3 is 2.44 bits per heavy atom. The zero-order chi connectivity index (χ0) is 22.9. The van der Waals surface area contributed by atoms with E-state index in [1.165, 1.54) is 30.1 Å². The minimum Gasteiger partial charge on any atom is -0.378 e. The van der Waals surface area contributed by atoms with Crippen molar-refractivity contribution in [3.05, 3.63) is 71.8 Å². The summed E-state index contributed by atoms with van der Waals surface area (Å²) in [5, 5.41) is 12.9. The maximum Gasteiger partial charge on any atom is 0.339 e. The number of fused-ring (bicyclic) bond motifs is 1. The van der Waals surface area contributed by atoms with Gasteiger partial charge in [0.1, 0.15) is 4.90 Å². The lowest BCUT2D eigenvalue weighted by atomic mass is 10.0. The summed E-state index contributed by atoms with van der Waals surface area (Å²) < 4.78 is 30.6. The number of nitrogens with one attached hydrogen (secondary N) is 1. The van der Waals surface area contributed by atoms with Crippen LogP contribution >= 0.6 is 11.8 Å². The summed E-state index contributed by atoms with van der Waals surface area (Å²) >= 11 is 1.28. The smallest absolute Gasteiger partial charge is 0.339 e. The highest BCUT2D eigenvalue weighted by molar-refractivity contribution is 8.16. The molecule has 1 saturated heterocycles. The van der Waals surface area contributed by atoms with Gasteiger partial charge in [-0.2, -0.15) is 13.5 Å². The van der Waals surface area contributed by atoms with Crippen molar-refractivity contribution < 1.29 is 17.4 Å². The number of hydrogen-bond acceptors (Lipinski definition) is 7. The predicted molar refractivity (Wildman–Crippen MR) is 128 cm³/mol. The number of amidine groups is 1. The van der Waals surface area contributed by atoms with E-state index in [2.05, 4.69) is 15.5 Å². The molecular formula is C23H21N3O4S2. The number of aryl methyl sites for hydroxylation is 1. The van der Waals surface area contributed by atoms with Crippen molar-refractivity contribution in [1.29, 1.82) is 0 Å². The van der Waals surface area contributed by atoms with Gasteiger partial charge in [0.15, 0.2) is 10.9 Å². The molecule has 32 heavy (non-hydrogen) atoms. The minimum absolute atomic E-state index is 0.0617. The Labute approximate surface area is 190 Å². The first kappa shape index (κ1) is 22.0. The largest absolute Gasteiger partial charge is 0.378 e. The van der Waals surface area contributed by atoms with Crippen LogP contribution in [0.2, 0.25) is 0 Å². The quantitative estimate of drug-likeness (QED) is 0.344. The Hall–Kier alpha value is -3.17. The number of benzene rings is 3. The summed E-state index contributed by atoms with van der Waals surface area (Å²) in [5.41, 5.74) is 1.42. The number of carbonyl (C=O) groups is 1. The molecule has 0 aromatic heterocycles. The fourth-order valence-electron chi connectivity index (χ4n) is 3.10. The van der Waals surface area contributed by atoms with Gasteiger partial charge in [-0.3, -0.25) is 4.79 Å². The van der Waals surface area contributed by atoms with E-state index in [0.717, 1.165) is 16.3 Å². The summed E-state index contributed by atoms with van der Waals surface area (Å²) in [5.74, 6) is -0.00788. The zero-order valence-electron chi connectivity index (χ0n) is 17.7. The lowest BCUT2D eigenvalue weighted by Gasteiger charge is -2.12. The van der Waals surface area contributed by atoms with Gasteiger partial charge in [-0.05, 0) is 49.7 Å². The number of thioether (sulfide) groups is 1. The Balaban J connectivity index is 1.72. The van der Waals surface area contributed by atoms with Gasteiger partial charge in [-0.1, -0.05) is 59.8 Å². The van der Waals surface area contributed by atoms with Crippen LogP contribution in [0.4, 0.5) is 0 Å². The highest BCUT2D eigenvalue weighted by Gasteiger charge is 2.38. The molecule has 3 aromatic carbocycles. The molecule has 3 aromatic rings. The Bertz CT molecular complexity index is 1360. The van der Waals surface area contributed by atoms with Gasteiger partial charge in [-0.15, -0.1) is 5.10 Å². The first-order valence-electron chi connectivity index (χ1n) is 9.80. The van der Waals surface area contributed by atoms with Crippen molar-refractivity contribution >= 4 is 49.9 Å². The Morgan fingerprint density at radius 2 is 1.75 bits per heavy atom. The predicted octanol–water partition coefficient (Wildman–Crippen LogP) is 4.25. The topological polar surface area (TPSA) is 97.2 Å². The van der Waals surface area contributed by atoms with Crippen molar-refractivity contribution in [2.45, 2.75) is 30.4 Å². The molecule has 0 atom stereocenters. The van der Waals surface area contributed by atoms with E-state index in [0.29, 0.717) is 10.7 Å². The normalized spacial score (nSPS) is 17.2. The van der Waals surface area contributed by atoms with Crippen LogP contribution in [0.5, 0.6) is 5.75 Å². The average molecular weight is 468 g/mol. The molecule has 4 rings (SSSR count). The van der Waals surface area contributed by atoms with Gasteiger partial charge >= 0.3 is 10.1 Å². The fraction of sp³-hybridized carbons (Fsp3) is 0.174. The van der Waals surface area contributed by atoms with E-state index in [-0.39, 0.29) is 16.6 Å². The third-order valence-corrected chi connectivity index (χ3v) is 7.22. The molecular weight excluding hydrogens is 446 g/mol. The summed E-state index contributed by atoms with van der Waals surface area (Å²) in [4.78, 5) is 12.0. The van der Waals surface area contributed by atoms with Crippen molar-refractivity contribution in [2.24, 2.45) is 10.2 Å². The molecule has 0 unspecified atom stereocenters. The maximum absolute atomic E-state index is 12.8. The lowest BCUT2D eigenvalue weighted by Crippen LogP contribution is -2.30. The first-order chi connectivity index (χ1) is 15.2. The molecule has 1 aliphatic rings. The average Bonchev–Trinajstić information content (AvgIpc) is 3.01. The molecule has 1 fully saturated rings. The summed E-state index contributed by atoms with van der Waals surface area (Å²) in [6.45, 7) is 5.47. The standard InChI is InChI=1S/C23H21N3O4S2/c1-15-8-11-17(12-9-15)32(28,29)30-20-13-10-16-6-4-5-7-18(16)19(20)14-24-26-22-25-21(27)23(2,3)31-22/h4-14H,1-3H3,(H,25,26,27)/b24-14+. The van der Waals surface area contributed by atoms with Crippen LogP contribution in [0.25, 0.3) is 10.8 Å². The van der Waals surface area contributed by atoms with Gasteiger partial charge in [0.25, 0.3) is 0 Å². The van der Waals surface area contributed by atoms with Gasteiger partial charge < -0.3 is 9.50 Å². The summed E-state index contributed by atoms with van der Waals surface area (Å²) in [6, 6.07) is 17.3. The lowest BCUT2D eigenvalue weighted by molar-refractivity contribution is -0.120. The molecule has 7 nitrogen and oxygen atoms in total. The first-order valence-corrected chi connectivity index (χ1v) is 12.0. The Kier molecular flexibility index (Phi) is 5.79. The van der Waals surface area contributed by atoms with Crippen molar-refractivity contribution in [2.75, 3.05) is 0 Å². The highest BCUT2D eigenvalue weighted by atomic mass is 32.2. The minimum atomic E-state index is -4.04. The molecule has 0 saturated carbocycles. The molecule has 0 bridgehead atoms. The number of hydrogen-bond donors (Lipinski definition) is 1. The molecule has 0 spiro atoms. The van der Waals surface area contributed by atoms with E-state index in [1.54, 1.807) is 38.1 Å². The molecule has 1 N–H and O–H groups in total. The SMILES string of the molecule is Cc1ccc(S(=O)(=O)Oc2ccc3ccccc3c2/C=N/N=C2\NC(=O)C(C)(C)S2)cc1. The van der Waals surface area contributed by atoms with Crippen LogP contribution in [0.15, 0.2) is 75.8 Å². The van der Waals surface area contributed by atoms with Gasteiger partial charge in [0.2, 0.25) is 5.91 Å². The molecule has 1 amide bonds. The molecule has 0 radical (unpaired) electrons. The second kappa shape index (κ2) is 8.40. The van der Waals surface area contributed by atoms with Crippen LogP contribution < -0.4 is 9.50 Å². The molecule has 0 aliphatic carbocycles. The third kappa shape index (κ3) is 4.53. The number of nitrogens with zero attached hydrogens (tertiary/aromatic N) is 2. The molecule has 1 aliphatic heterocycles. The van der Waals surface area contributed by atoms with Crippen LogP contribution in [-0.4, -0.2) is 30.5 Å². The van der Waals surface area contributed by atoms with E-state index in [9.17, 15) is 13.2 Å². The third-order valence-electron chi connectivity index (χ3n) is 4.89. The zero-order valence-corrected chi connectivity index (χ0v) is 19.3. The van der Waals surface area contributed by atoms with Crippen LogP contribution in [0.1, 0.15) is 25.0 Å². The van der Waals surface area contributed by atoms with Crippen LogP contribution in [0.3, 0.4) is 0 Å². The molecule has 164 valence electrons. The number of rotatable bonds is 5. The summed E-state index contributed by atoms with van der Waals surface area (Å²) in [7, 11) is -4.04. The van der Waals surface area contributed by atoms with Gasteiger partial charge in [0, 0.05) is 5.56 Å². The maximum atomic E-state index is 12.8. The second-order valence-corrected chi connectivity index (χ2v) is 10.9. The molecule has 9 heteroatoms. The number of amides is 1. The van der Waals surface area contributed by atoms with E-state index >= 15 is 0 Å².